The highest BCUT2D eigenvalue weighted by molar-refractivity contribution is 14.1. The summed E-state index contributed by atoms with van der Waals surface area (Å²) < 4.78 is 1.13. The molecule has 0 radical (unpaired) electrons. The van der Waals surface area contributed by atoms with Crippen LogP contribution >= 0.6 is 22.6 Å². The third-order valence-corrected chi connectivity index (χ3v) is 3.88. The van der Waals surface area contributed by atoms with Crippen LogP contribution in [0.4, 0.5) is 5.69 Å². The molecule has 0 aliphatic heterocycles. The summed E-state index contributed by atoms with van der Waals surface area (Å²) in [4.78, 5) is 19.1. The van der Waals surface area contributed by atoms with E-state index in [1.54, 1.807) is 6.92 Å². The number of anilines is 1. The van der Waals surface area contributed by atoms with Crippen LogP contribution in [-0.4, -0.2) is 9.97 Å². The van der Waals surface area contributed by atoms with Crippen LogP contribution in [0.3, 0.4) is 0 Å². The van der Waals surface area contributed by atoms with Gasteiger partial charge in [-0.05, 0) is 55.5 Å². The molecule has 0 aliphatic rings. The Balaban J connectivity index is 2.33. The van der Waals surface area contributed by atoms with Gasteiger partial charge in [-0.25, -0.2) is 4.98 Å². The number of H-pyrrole nitrogens is 1. The highest BCUT2D eigenvalue weighted by Gasteiger charge is 2.15. The molecule has 0 bridgehead atoms. The molecule has 19 heavy (non-hydrogen) atoms. The standard InChI is InChI=1S/C14H16IN3O/c1-8-13(14(19)18-10(3)16-8)9(2)17-12-7-5-4-6-11(12)15/h4-7,9,17H,1-3H3,(H,16,18,19). The van der Waals surface area contributed by atoms with E-state index in [-0.39, 0.29) is 11.6 Å². The maximum atomic E-state index is 12.0. The van der Waals surface area contributed by atoms with E-state index >= 15 is 0 Å². The van der Waals surface area contributed by atoms with E-state index < -0.39 is 0 Å². The summed E-state index contributed by atoms with van der Waals surface area (Å²) in [7, 11) is 0. The lowest BCUT2D eigenvalue weighted by atomic mass is 10.1. The van der Waals surface area contributed by atoms with Gasteiger partial charge in [-0.1, -0.05) is 12.1 Å². The molecular weight excluding hydrogens is 353 g/mol. The molecule has 2 rings (SSSR count). The molecule has 1 heterocycles. The Morgan fingerprint density at radius 1 is 1.32 bits per heavy atom. The van der Waals surface area contributed by atoms with Crippen LogP contribution in [0.15, 0.2) is 29.1 Å². The summed E-state index contributed by atoms with van der Waals surface area (Å²) in [6.45, 7) is 5.62. The number of hydrogen-bond acceptors (Lipinski definition) is 3. The van der Waals surface area contributed by atoms with E-state index in [1.165, 1.54) is 0 Å². The first kappa shape index (κ1) is 14.0. The monoisotopic (exact) mass is 369 g/mol. The minimum absolute atomic E-state index is 0.0732. The van der Waals surface area contributed by atoms with Crippen LogP contribution < -0.4 is 10.9 Å². The van der Waals surface area contributed by atoms with E-state index in [2.05, 4.69) is 37.9 Å². The van der Waals surface area contributed by atoms with Crippen LogP contribution in [0.2, 0.25) is 0 Å². The molecule has 2 aromatic rings. The maximum Gasteiger partial charge on any atom is 0.256 e. The average molecular weight is 369 g/mol. The predicted molar refractivity (Wildman–Crippen MR) is 85.5 cm³/mol. The molecule has 5 heteroatoms. The summed E-state index contributed by atoms with van der Waals surface area (Å²) >= 11 is 2.27. The number of nitrogens with one attached hydrogen (secondary N) is 2. The van der Waals surface area contributed by atoms with Crippen LogP contribution in [0.1, 0.15) is 30.0 Å². The summed E-state index contributed by atoms with van der Waals surface area (Å²) in [5, 5.41) is 3.36. The van der Waals surface area contributed by atoms with Gasteiger partial charge in [0.2, 0.25) is 0 Å². The number of para-hydroxylation sites is 1. The van der Waals surface area contributed by atoms with Crippen LogP contribution in [0.25, 0.3) is 0 Å². The van der Waals surface area contributed by atoms with Crippen molar-refractivity contribution in [3.05, 3.63) is 55.3 Å². The number of aryl methyl sites for hydroxylation is 2. The molecule has 0 saturated carbocycles. The SMILES string of the molecule is Cc1nc(C)c(C(C)Nc2ccccc2I)c(=O)[nH]1. The number of rotatable bonds is 3. The lowest BCUT2D eigenvalue weighted by molar-refractivity contribution is 0.813. The van der Waals surface area contributed by atoms with Gasteiger partial charge in [0.05, 0.1) is 17.3 Å². The van der Waals surface area contributed by atoms with Gasteiger partial charge in [0.15, 0.2) is 0 Å². The highest BCUT2D eigenvalue weighted by atomic mass is 127. The van der Waals surface area contributed by atoms with Crippen molar-refractivity contribution in [3.63, 3.8) is 0 Å². The van der Waals surface area contributed by atoms with Crippen molar-refractivity contribution in [1.82, 2.24) is 9.97 Å². The van der Waals surface area contributed by atoms with Gasteiger partial charge in [0.25, 0.3) is 5.56 Å². The van der Waals surface area contributed by atoms with Gasteiger partial charge >= 0.3 is 0 Å². The lowest BCUT2D eigenvalue weighted by Gasteiger charge is -2.17. The predicted octanol–water partition coefficient (Wildman–Crippen LogP) is 3.16. The van der Waals surface area contributed by atoms with E-state index in [4.69, 9.17) is 0 Å². The quantitative estimate of drug-likeness (QED) is 0.818. The molecule has 0 fully saturated rings. The van der Waals surface area contributed by atoms with Gasteiger partial charge in [0.1, 0.15) is 5.82 Å². The Morgan fingerprint density at radius 3 is 2.63 bits per heavy atom. The van der Waals surface area contributed by atoms with Gasteiger partial charge in [-0.15, -0.1) is 0 Å². The molecule has 0 saturated heterocycles. The largest absolute Gasteiger partial charge is 0.377 e. The zero-order valence-corrected chi connectivity index (χ0v) is 13.3. The van der Waals surface area contributed by atoms with Crippen LogP contribution in [-0.2, 0) is 0 Å². The number of halogens is 1. The van der Waals surface area contributed by atoms with Gasteiger partial charge in [-0.2, -0.15) is 0 Å². The molecule has 0 amide bonds. The fraction of sp³-hybridized carbons (Fsp3) is 0.286. The third-order valence-electron chi connectivity index (χ3n) is 2.94. The molecule has 1 aromatic carbocycles. The zero-order chi connectivity index (χ0) is 14.0. The zero-order valence-electron chi connectivity index (χ0n) is 11.1. The number of aromatic amines is 1. The molecular formula is C14H16IN3O. The maximum absolute atomic E-state index is 12.0. The number of aromatic nitrogens is 2. The van der Waals surface area contributed by atoms with Crippen molar-refractivity contribution in [2.75, 3.05) is 5.32 Å². The number of benzene rings is 1. The van der Waals surface area contributed by atoms with E-state index in [9.17, 15) is 4.79 Å². The summed E-state index contributed by atoms with van der Waals surface area (Å²) in [6.07, 6.45) is 0. The minimum Gasteiger partial charge on any atom is -0.377 e. The van der Waals surface area contributed by atoms with Crippen molar-refractivity contribution >= 4 is 28.3 Å². The Hall–Kier alpha value is -1.37. The Labute approximate surface area is 125 Å². The summed E-state index contributed by atoms with van der Waals surface area (Å²) in [5.74, 6) is 0.646. The minimum atomic E-state index is -0.0900. The molecule has 0 aliphatic carbocycles. The highest BCUT2D eigenvalue weighted by Crippen LogP contribution is 2.22. The second-order valence-corrected chi connectivity index (χ2v) is 5.66. The first-order chi connectivity index (χ1) is 8.99. The second-order valence-electron chi connectivity index (χ2n) is 4.50. The molecule has 2 N–H and O–H groups in total. The van der Waals surface area contributed by atoms with Crippen molar-refractivity contribution in [2.45, 2.75) is 26.8 Å². The van der Waals surface area contributed by atoms with E-state index in [0.29, 0.717) is 11.4 Å². The van der Waals surface area contributed by atoms with Crippen molar-refractivity contribution in [1.29, 1.82) is 0 Å². The first-order valence-electron chi connectivity index (χ1n) is 6.07. The van der Waals surface area contributed by atoms with E-state index in [1.807, 2.05) is 38.1 Å². The number of hydrogen-bond donors (Lipinski definition) is 2. The van der Waals surface area contributed by atoms with Gasteiger partial charge in [-0.3, -0.25) is 4.79 Å². The molecule has 1 unspecified atom stereocenters. The third kappa shape index (κ3) is 3.15. The van der Waals surface area contributed by atoms with Crippen LogP contribution in [0, 0.1) is 17.4 Å². The molecule has 1 atom stereocenters. The van der Waals surface area contributed by atoms with Gasteiger partial charge < -0.3 is 10.3 Å². The molecule has 4 nitrogen and oxygen atoms in total. The Kier molecular flexibility index (Phi) is 4.24. The summed E-state index contributed by atoms with van der Waals surface area (Å²) in [6, 6.07) is 7.90. The van der Waals surface area contributed by atoms with E-state index in [0.717, 1.165) is 15.0 Å². The fourth-order valence-electron chi connectivity index (χ4n) is 2.13. The Bertz CT molecular complexity index is 651. The first-order valence-corrected chi connectivity index (χ1v) is 7.15. The van der Waals surface area contributed by atoms with Crippen molar-refractivity contribution in [2.24, 2.45) is 0 Å². The second kappa shape index (κ2) is 5.73. The topological polar surface area (TPSA) is 57.8 Å². The van der Waals surface area contributed by atoms with Crippen molar-refractivity contribution in [3.8, 4) is 0 Å². The fourth-order valence-corrected chi connectivity index (χ4v) is 2.67. The average Bonchev–Trinajstić information content (AvgIpc) is 2.30. The molecule has 100 valence electrons. The lowest BCUT2D eigenvalue weighted by Crippen LogP contribution is -2.23. The summed E-state index contributed by atoms with van der Waals surface area (Å²) in [5.41, 5.74) is 2.41. The normalized spacial score (nSPS) is 12.2. The molecule has 0 spiro atoms. The Morgan fingerprint density at radius 2 is 2.00 bits per heavy atom. The molecule has 1 aromatic heterocycles. The van der Waals surface area contributed by atoms with Gasteiger partial charge in [0, 0.05) is 9.26 Å². The smallest absolute Gasteiger partial charge is 0.256 e. The number of nitrogens with zero attached hydrogens (tertiary/aromatic N) is 1. The van der Waals surface area contributed by atoms with Crippen molar-refractivity contribution < 1.29 is 0 Å². The van der Waals surface area contributed by atoms with Crippen LogP contribution in [0.5, 0.6) is 0 Å².